The zero-order valence-corrected chi connectivity index (χ0v) is 17.3. The third-order valence-electron chi connectivity index (χ3n) is 6.41. The summed E-state index contributed by atoms with van der Waals surface area (Å²) in [6.07, 6.45) is 6.93. The number of fused-ring (bicyclic) bond motifs is 2. The average molecular weight is 398 g/mol. The number of nitrogens with zero attached hydrogens (tertiary/aromatic N) is 1. The highest BCUT2D eigenvalue weighted by Crippen LogP contribution is 2.42. The molecule has 2 aliphatic carbocycles. The third-order valence-corrected chi connectivity index (χ3v) is 7.64. The lowest BCUT2D eigenvalue weighted by molar-refractivity contribution is -0.128. The van der Waals surface area contributed by atoms with E-state index in [0.717, 1.165) is 25.1 Å². The highest BCUT2D eigenvalue weighted by molar-refractivity contribution is 7.99. The number of carbonyl (C=O) groups is 1. The van der Waals surface area contributed by atoms with E-state index in [9.17, 15) is 4.79 Å². The molecular weight excluding hydrogens is 365 g/mol. The largest absolute Gasteiger partial charge is 0.354 e. The zero-order chi connectivity index (χ0) is 15.7. The Morgan fingerprint density at radius 2 is 1.88 bits per heavy atom. The standard InChI is InChI=1S/C17H31N3OS.2ClH/c1-20(2)17(6-7-22-11-17)10-19-16(21)14-8-12-4-3-5-13(9-14)15(12)18;;/h12-15H,3-11,18H2,1-2H3,(H,19,21);2*1H. The van der Waals surface area contributed by atoms with Crippen molar-refractivity contribution in [2.45, 2.75) is 50.1 Å². The first-order valence-electron chi connectivity index (χ1n) is 8.80. The van der Waals surface area contributed by atoms with Crippen LogP contribution in [0.15, 0.2) is 0 Å². The van der Waals surface area contributed by atoms with Gasteiger partial charge in [0.05, 0.1) is 0 Å². The molecule has 7 heteroatoms. The third kappa shape index (κ3) is 4.53. The van der Waals surface area contributed by atoms with Gasteiger partial charge in [0.25, 0.3) is 0 Å². The first-order chi connectivity index (χ1) is 10.5. The lowest BCUT2D eigenvalue weighted by Gasteiger charge is -2.44. The lowest BCUT2D eigenvalue weighted by atomic mass is 9.65. The number of likely N-dealkylation sites (N-methyl/N-ethyl adjacent to an activating group) is 1. The summed E-state index contributed by atoms with van der Waals surface area (Å²) in [7, 11) is 4.28. The first kappa shape index (κ1) is 22.4. The maximum Gasteiger partial charge on any atom is 0.223 e. The Morgan fingerprint density at radius 3 is 2.38 bits per heavy atom. The molecule has 0 radical (unpaired) electrons. The minimum absolute atomic E-state index is 0. The Kier molecular flexibility index (Phi) is 8.68. The van der Waals surface area contributed by atoms with Gasteiger partial charge in [0, 0.05) is 29.8 Å². The molecule has 1 aliphatic heterocycles. The predicted octanol–water partition coefficient (Wildman–Crippen LogP) is 2.54. The van der Waals surface area contributed by atoms with Gasteiger partial charge in [-0.25, -0.2) is 0 Å². The summed E-state index contributed by atoms with van der Waals surface area (Å²) in [5.74, 6) is 3.96. The summed E-state index contributed by atoms with van der Waals surface area (Å²) in [5.41, 5.74) is 6.49. The SMILES string of the molecule is CN(C)C1(CNC(=O)C2CC3CCCC(C2)C3N)CCSC1.Cl.Cl. The quantitative estimate of drug-likeness (QED) is 0.764. The number of carbonyl (C=O) groups excluding carboxylic acids is 1. The number of hydrogen-bond acceptors (Lipinski definition) is 4. The van der Waals surface area contributed by atoms with Gasteiger partial charge in [-0.2, -0.15) is 11.8 Å². The molecule has 3 rings (SSSR count). The minimum Gasteiger partial charge on any atom is -0.354 e. The molecule has 1 saturated heterocycles. The van der Waals surface area contributed by atoms with Gasteiger partial charge < -0.3 is 16.0 Å². The Hall–Kier alpha value is 0.320. The van der Waals surface area contributed by atoms with Crippen LogP contribution in [0, 0.1) is 17.8 Å². The van der Waals surface area contributed by atoms with Crippen molar-refractivity contribution in [2.24, 2.45) is 23.5 Å². The van der Waals surface area contributed by atoms with Crippen molar-refractivity contribution in [3.63, 3.8) is 0 Å². The van der Waals surface area contributed by atoms with Crippen LogP contribution in [0.25, 0.3) is 0 Å². The molecule has 3 atom stereocenters. The van der Waals surface area contributed by atoms with Crippen LogP contribution in [0.2, 0.25) is 0 Å². The highest BCUT2D eigenvalue weighted by atomic mass is 35.5. The maximum atomic E-state index is 12.7. The molecule has 0 aromatic carbocycles. The van der Waals surface area contributed by atoms with Crippen LogP contribution in [0.3, 0.4) is 0 Å². The second-order valence-corrected chi connectivity index (χ2v) is 8.94. The van der Waals surface area contributed by atoms with Gasteiger partial charge in [0.1, 0.15) is 0 Å². The minimum atomic E-state index is 0. The van der Waals surface area contributed by atoms with Crippen LogP contribution in [0.5, 0.6) is 0 Å². The fraction of sp³-hybridized carbons (Fsp3) is 0.941. The Balaban J connectivity index is 0.00000144. The van der Waals surface area contributed by atoms with Crippen molar-refractivity contribution < 1.29 is 4.79 Å². The van der Waals surface area contributed by atoms with E-state index in [2.05, 4.69) is 24.3 Å². The van der Waals surface area contributed by atoms with Crippen molar-refractivity contribution in [1.82, 2.24) is 10.2 Å². The number of nitrogens with two attached hydrogens (primary N) is 1. The van der Waals surface area contributed by atoms with Crippen LogP contribution >= 0.6 is 36.6 Å². The number of thioether (sulfide) groups is 1. The predicted molar refractivity (Wildman–Crippen MR) is 107 cm³/mol. The molecule has 0 spiro atoms. The van der Waals surface area contributed by atoms with E-state index in [0.29, 0.717) is 17.9 Å². The summed E-state index contributed by atoms with van der Waals surface area (Å²) in [6, 6.07) is 0.345. The van der Waals surface area contributed by atoms with Crippen molar-refractivity contribution in [1.29, 1.82) is 0 Å². The van der Waals surface area contributed by atoms with Gasteiger partial charge in [-0.1, -0.05) is 6.42 Å². The lowest BCUT2D eigenvalue weighted by Crippen LogP contribution is -2.55. The summed E-state index contributed by atoms with van der Waals surface area (Å²) in [5, 5.41) is 3.29. The zero-order valence-electron chi connectivity index (χ0n) is 14.8. The smallest absolute Gasteiger partial charge is 0.223 e. The molecule has 1 amide bonds. The number of amides is 1. The van der Waals surface area contributed by atoms with E-state index < -0.39 is 0 Å². The maximum absolute atomic E-state index is 12.7. The molecule has 3 fully saturated rings. The summed E-state index contributed by atoms with van der Waals surface area (Å²) >= 11 is 2.00. The number of hydrogen-bond donors (Lipinski definition) is 2. The van der Waals surface area contributed by atoms with E-state index >= 15 is 0 Å². The van der Waals surface area contributed by atoms with Crippen LogP contribution in [-0.2, 0) is 4.79 Å². The fourth-order valence-electron chi connectivity index (χ4n) is 4.65. The summed E-state index contributed by atoms with van der Waals surface area (Å²) in [6.45, 7) is 0.795. The van der Waals surface area contributed by atoms with Crippen molar-refractivity contribution >= 4 is 42.5 Å². The van der Waals surface area contributed by atoms with Crippen LogP contribution in [0.1, 0.15) is 38.5 Å². The summed E-state index contributed by atoms with van der Waals surface area (Å²) < 4.78 is 0. The second kappa shape index (κ2) is 9.31. The van der Waals surface area contributed by atoms with E-state index in [1.807, 2.05) is 11.8 Å². The van der Waals surface area contributed by atoms with Gasteiger partial charge in [0.2, 0.25) is 5.91 Å². The fourth-order valence-corrected chi connectivity index (χ4v) is 6.20. The normalized spacial score (nSPS) is 38.2. The number of rotatable bonds is 4. The monoisotopic (exact) mass is 397 g/mol. The molecule has 24 heavy (non-hydrogen) atoms. The van der Waals surface area contributed by atoms with Gasteiger partial charge in [-0.15, -0.1) is 24.8 Å². The second-order valence-electron chi connectivity index (χ2n) is 7.84. The molecule has 2 bridgehead atoms. The molecule has 0 aromatic rings. The van der Waals surface area contributed by atoms with Gasteiger partial charge in [0.15, 0.2) is 0 Å². The molecule has 2 saturated carbocycles. The van der Waals surface area contributed by atoms with Gasteiger partial charge in [-0.05, 0) is 63.8 Å². The Labute approximate surface area is 163 Å². The number of halogens is 2. The molecule has 3 N–H and O–H groups in total. The molecule has 3 aliphatic rings. The van der Waals surface area contributed by atoms with Crippen LogP contribution in [0.4, 0.5) is 0 Å². The average Bonchev–Trinajstić information content (AvgIpc) is 2.94. The van der Waals surface area contributed by atoms with E-state index in [1.165, 1.54) is 31.4 Å². The topological polar surface area (TPSA) is 58.4 Å². The molecule has 3 unspecified atom stereocenters. The highest BCUT2D eigenvalue weighted by Gasteiger charge is 2.42. The molecule has 4 nitrogen and oxygen atoms in total. The van der Waals surface area contributed by atoms with E-state index in [-0.39, 0.29) is 42.2 Å². The first-order valence-corrected chi connectivity index (χ1v) is 9.96. The van der Waals surface area contributed by atoms with Crippen molar-refractivity contribution in [2.75, 3.05) is 32.1 Å². The van der Waals surface area contributed by atoms with Gasteiger partial charge >= 0.3 is 0 Å². The van der Waals surface area contributed by atoms with E-state index in [4.69, 9.17) is 5.73 Å². The molecule has 0 aromatic heterocycles. The van der Waals surface area contributed by atoms with Crippen LogP contribution < -0.4 is 11.1 Å². The Bertz CT molecular complexity index is 405. The van der Waals surface area contributed by atoms with Crippen LogP contribution in [-0.4, -0.2) is 54.5 Å². The molecule has 142 valence electrons. The van der Waals surface area contributed by atoms with E-state index in [1.54, 1.807) is 0 Å². The summed E-state index contributed by atoms with van der Waals surface area (Å²) in [4.78, 5) is 15.0. The molecular formula is C17H33Cl2N3OS. The van der Waals surface area contributed by atoms with Gasteiger partial charge in [-0.3, -0.25) is 4.79 Å². The van der Waals surface area contributed by atoms with Crippen molar-refractivity contribution in [3.05, 3.63) is 0 Å². The Morgan fingerprint density at radius 1 is 1.25 bits per heavy atom. The van der Waals surface area contributed by atoms with Crippen molar-refractivity contribution in [3.8, 4) is 0 Å². The number of nitrogens with one attached hydrogen (secondary N) is 1. The molecule has 1 heterocycles.